The average molecular weight is 355 g/mol. The minimum atomic E-state index is -5.21. The molecule has 2 N–H and O–H groups in total. The number of thiazole rings is 1. The summed E-state index contributed by atoms with van der Waals surface area (Å²) in [5.41, 5.74) is -3.51. The van der Waals surface area contributed by atoms with Crippen molar-refractivity contribution in [2.45, 2.75) is 38.7 Å². The highest BCUT2D eigenvalue weighted by molar-refractivity contribution is 7.13. The van der Waals surface area contributed by atoms with Crippen molar-refractivity contribution >= 4 is 28.5 Å². The van der Waals surface area contributed by atoms with Crippen molar-refractivity contribution in [3.63, 3.8) is 0 Å². The van der Waals surface area contributed by atoms with Crippen LogP contribution in [-0.4, -0.2) is 41.6 Å². The Morgan fingerprint density at radius 2 is 2.04 bits per heavy atom. The van der Waals surface area contributed by atoms with Crippen molar-refractivity contribution in [1.29, 1.82) is 0 Å². The second kappa shape index (κ2) is 7.49. The van der Waals surface area contributed by atoms with Crippen molar-refractivity contribution < 1.29 is 32.2 Å². The van der Waals surface area contributed by atoms with E-state index in [1.165, 1.54) is 37.7 Å². The van der Waals surface area contributed by atoms with Gasteiger partial charge in [-0.15, -0.1) is 11.3 Å². The van der Waals surface area contributed by atoms with Crippen LogP contribution in [0.15, 0.2) is 11.6 Å². The number of nitrogens with one attached hydrogen (secondary N) is 2. The fraction of sp³-hybridized carbons (Fsp3) is 0.583. The van der Waals surface area contributed by atoms with Gasteiger partial charge in [0, 0.05) is 11.6 Å². The van der Waals surface area contributed by atoms with Crippen molar-refractivity contribution in [2.24, 2.45) is 0 Å². The second-order valence-electron chi connectivity index (χ2n) is 4.51. The van der Waals surface area contributed by atoms with E-state index in [2.05, 4.69) is 14.5 Å². The van der Waals surface area contributed by atoms with E-state index in [9.17, 15) is 22.8 Å². The lowest BCUT2D eigenvalue weighted by atomic mass is 10.1. The zero-order chi connectivity index (χ0) is 17.7. The highest BCUT2D eigenvalue weighted by Gasteiger charge is 2.64. The van der Waals surface area contributed by atoms with Crippen LogP contribution >= 0.6 is 11.3 Å². The van der Waals surface area contributed by atoms with Gasteiger partial charge in [0.1, 0.15) is 0 Å². The molecular weight excluding hydrogens is 339 g/mol. The summed E-state index contributed by atoms with van der Waals surface area (Å²) >= 11 is 0.820. The number of carbonyl (C=O) groups is 2. The Morgan fingerprint density at radius 1 is 1.39 bits per heavy atom. The van der Waals surface area contributed by atoms with E-state index in [-0.39, 0.29) is 11.7 Å². The first-order chi connectivity index (χ1) is 10.6. The summed E-state index contributed by atoms with van der Waals surface area (Å²) in [5.74, 6) is -1.72. The van der Waals surface area contributed by atoms with Crippen LogP contribution in [0.25, 0.3) is 0 Å². The van der Waals surface area contributed by atoms with Crippen molar-refractivity contribution in [1.82, 2.24) is 10.3 Å². The first-order valence-corrected chi connectivity index (χ1v) is 7.40. The maximum Gasteiger partial charge on any atom is 0.442 e. The average Bonchev–Trinajstić information content (AvgIpc) is 2.88. The van der Waals surface area contributed by atoms with Crippen LogP contribution < -0.4 is 10.6 Å². The van der Waals surface area contributed by atoms with Gasteiger partial charge in [0.05, 0.1) is 12.7 Å². The van der Waals surface area contributed by atoms with Crippen LogP contribution in [0.4, 0.5) is 23.1 Å². The molecule has 0 aliphatic rings. The van der Waals surface area contributed by atoms with Gasteiger partial charge in [-0.05, 0) is 20.8 Å². The Kier molecular flexibility index (Phi) is 6.19. The molecule has 0 aliphatic carbocycles. The van der Waals surface area contributed by atoms with E-state index in [0.717, 1.165) is 11.3 Å². The minimum Gasteiger partial charge on any atom is -0.463 e. The lowest BCUT2D eigenvalue weighted by Gasteiger charge is -2.34. The van der Waals surface area contributed by atoms with Crippen LogP contribution in [0.2, 0.25) is 0 Å². The van der Waals surface area contributed by atoms with E-state index in [0.29, 0.717) is 0 Å². The molecule has 23 heavy (non-hydrogen) atoms. The van der Waals surface area contributed by atoms with Crippen LogP contribution in [0.5, 0.6) is 0 Å². The predicted octanol–water partition coefficient (Wildman–Crippen LogP) is 2.51. The van der Waals surface area contributed by atoms with Crippen LogP contribution in [0.3, 0.4) is 0 Å². The predicted molar refractivity (Wildman–Crippen MR) is 75.9 cm³/mol. The summed E-state index contributed by atoms with van der Waals surface area (Å²) in [7, 11) is 0. The minimum absolute atomic E-state index is 0.222. The van der Waals surface area contributed by atoms with E-state index in [4.69, 9.17) is 0 Å². The number of carbonyl (C=O) groups excluding carboxylic acids is 2. The largest absolute Gasteiger partial charge is 0.463 e. The van der Waals surface area contributed by atoms with E-state index in [1.54, 1.807) is 0 Å². The number of amides is 1. The lowest BCUT2D eigenvalue weighted by molar-refractivity contribution is -0.205. The fourth-order valence-electron chi connectivity index (χ4n) is 1.47. The van der Waals surface area contributed by atoms with Gasteiger partial charge in [0.2, 0.25) is 0 Å². The third kappa shape index (κ3) is 4.71. The van der Waals surface area contributed by atoms with E-state index in [1.807, 2.05) is 5.32 Å². The third-order valence-electron chi connectivity index (χ3n) is 2.37. The smallest absolute Gasteiger partial charge is 0.442 e. The number of nitrogens with zero attached hydrogens (tertiary/aromatic N) is 1. The van der Waals surface area contributed by atoms with Crippen molar-refractivity contribution in [2.75, 3.05) is 11.9 Å². The molecule has 0 bridgehead atoms. The van der Waals surface area contributed by atoms with Gasteiger partial charge < -0.3 is 14.8 Å². The number of hydrogen-bond donors (Lipinski definition) is 2. The zero-order valence-corrected chi connectivity index (χ0v) is 13.4. The first kappa shape index (κ1) is 19.0. The topological polar surface area (TPSA) is 89.5 Å². The normalized spacial score (nSPS) is 14.0. The van der Waals surface area contributed by atoms with Gasteiger partial charge in [-0.2, -0.15) is 13.2 Å². The number of hydrogen-bond acceptors (Lipinski definition) is 7. The van der Waals surface area contributed by atoms with Gasteiger partial charge in [-0.3, -0.25) is 5.32 Å². The first-order valence-electron chi connectivity index (χ1n) is 6.52. The molecule has 7 nitrogen and oxygen atoms in total. The summed E-state index contributed by atoms with van der Waals surface area (Å²) in [6.45, 7) is 3.94. The maximum atomic E-state index is 13.6. The number of ether oxygens (including phenoxy) is 2. The van der Waals surface area contributed by atoms with Crippen molar-refractivity contribution in [3.8, 4) is 0 Å². The van der Waals surface area contributed by atoms with Gasteiger partial charge >= 0.3 is 23.9 Å². The molecule has 1 rings (SSSR count). The highest BCUT2D eigenvalue weighted by atomic mass is 32.1. The summed E-state index contributed by atoms with van der Waals surface area (Å²) in [5, 5.41) is 4.60. The van der Waals surface area contributed by atoms with Crippen LogP contribution in [-0.2, 0) is 14.3 Å². The molecule has 0 aromatic carbocycles. The number of aromatic nitrogens is 1. The number of halogens is 3. The molecule has 0 saturated heterocycles. The Labute approximate surface area is 134 Å². The Hall–Kier alpha value is -2.04. The van der Waals surface area contributed by atoms with Crippen LogP contribution in [0.1, 0.15) is 20.8 Å². The zero-order valence-electron chi connectivity index (χ0n) is 12.6. The fourth-order valence-corrected chi connectivity index (χ4v) is 2.06. The molecule has 130 valence electrons. The number of esters is 1. The molecule has 0 saturated carbocycles. The number of alkyl carbamates (subject to hydrolysis) is 1. The molecule has 1 aromatic rings. The molecule has 0 spiro atoms. The number of anilines is 1. The molecular formula is C12H16F3N3O4S. The molecule has 0 aliphatic heterocycles. The Bertz CT molecular complexity index is 536. The highest BCUT2D eigenvalue weighted by Crippen LogP contribution is 2.33. The molecule has 0 fully saturated rings. The quantitative estimate of drug-likeness (QED) is 0.602. The number of alkyl halides is 3. The van der Waals surface area contributed by atoms with Crippen molar-refractivity contribution in [3.05, 3.63) is 11.6 Å². The summed E-state index contributed by atoms with van der Waals surface area (Å²) in [6.07, 6.45) is -6.07. The van der Waals surface area contributed by atoms with Crippen LogP contribution in [0, 0.1) is 0 Å². The Morgan fingerprint density at radius 3 is 2.48 bits per heavy atom. The molecule has 11 heteroatoms. The monoisotopic (exact) mass is 355 g/mol. The maximum absolute atomic E-state index is 13.6. The van der Waals surface area contributed by atoms with Gasteiger partial charge in [-0.1, -0.05) is 0 Å². The van der Waals surface area contributed by atoms with Gasteiger partial charge in [0.25, 0.3) is 0 Å². The molecule has 0 unspecified atom stereocenters. The summed E-state index contributed by atoms with van der Waals surface area (Å²) in [6, 6.07) is 0. The number of rotatable bonds is 6. The second-order valence-corrected chi connectivity index (χ2v) is 5.40. The molecule has 1 atom stereocenters. The summed E-state index contributed by atoms with van der Waals surface area (Å²) in [4.78, 5) is 27.2. The SMILES string of the molecule is CCOC(=O)[C@](NC(=O)OC(C)C)(Nc1nccs1)C(F)(F)F. The molecule has 1 heterocycles. The standard InChI is InChI=1S/C12H16F3N3O4S/c1-4-21-8(19)11(12(13,14)15,17-9-16-5-6-23-9)18-10(20)22-7(2)3/h5-7H,4H2,1-3H3,(H,16,17)(H,18,20)/t11-/m1/s1. The Balaban J connectivity index is 3.22. The van der Waals surface area contributed by atoms with E-state index >= 15 is 0 Å². The lowest BCUT2D eigenvalue weighted by Crippen LogP contribution is -2.69. The third-order valence-corrected chi connectivity index (χ3v) is 3.05. The molecule has 0 radical (unpaired) electrons. The van der Waals surface area contributed by atoms with Gasteiger partial charge in [0.15, 0.2) is 5.13 Å². The molecule has 1 amide bonds. The summed E-state index contributed by atoms with van der Waals surface area (Å²) < 4.78 is 49.9. The van der Waals surface area contributed by atoms with E-state index < -0.39 is 30.0 Å². The van der Waals surface area contributed by atoms with Gasteiger partial charge in [-0.25, -0.2) is 14.6 Å². The molecule has 1 aromatic heterocycles.